The Labute approximate surface area is 73.2 Å². The third-order valence-corrected chi connectivity index (χ3v) is 0.204. The van der Waals surface area contributed by atoms with Crippen molar-refractivity contribution in [1.29, 1.82) is 0 Å². The van der Waals surface area contributed by atoms with Gasteiger partial charge in [0.15, 0.2) is 0 Å². The molecule has 0 bridgehead atoms. The second-order valence-electron chi connectivity index (χ2n) is 2.14. The van der Waals surface area contributed by atoms with Crippen LogP contribution < -0.4 is 24.6 Å². The molecule has 0 aromatic carbocycles. The fourth-order valence-corrected chi connectivity index (χ4v) is 0. The second-order valence-corrected chi connectivity index (χ2v) is 5.14. The van der Waals surface area contributed by atoms with E-state index in [4.69, 9.17) is 5.73 Å². The van der Waals surface area contributed by atoms with E-state index in [-0.39, 0.29) is 27.7 Å². The average molecular weight is 138 g/mol. The van der Waals surface area contributed by atoms with Gasteiger partial charge in [0.2, 0.25) is 0 Å². The van der Waals surface area contributed by atoms with E-state index in [1.165, 1.54) is 0 Å². The van der Waals surface area contributed by atoms with Crippen molar-refractivity contribution in [2.45, 2.75) is 26.1 Å². The smallest absolute Gasteiger partial charge is 0.342 e. The summed E-state index contributed by atoms with van der Waals surface area (Å²) < 4.78 is 0. The van der Waals surface area contributed by atoms with Gasteiger partial charge in [-0.1, -0.05) is 19.6 Å². The predicted molar refractivity (Wildman–Crippen MR) is 42.4 cm³/mol. The zero-order valence-electron chi connectivity index (χ0n) is 7.20. The molecular formula is C6H17LiNSi. The van der Waals surface area contributed by atoms with Crippen LogP contribution in [0, 0.1) is 6.92 Å². The van der Waals surface area contributed by atoms with Crippen LogP contribution in [0.15, 0.2) is 0 Å². The Kier molecular flexibility index (Phi) is 29.0. The maximum absolute atomic E-state index is 4.97. The fourth-order valence-electron chi connectivity index (χ4n) is 0. The maximum Gasteiger partial charge on any atom is 1.00 e. The molecule has 3 heteroatoms. The van der Waals surface area contributed by atoms with Crippen LogP contribution in [0.1, 0.15) is 6.42 Å². The Morgan fingerprint density at radius 1 is 1.33 bits per heavy atom. The van der Waals surface area contributed by atoms with Gasteiger partial charge in [0.25, 0.3) is 0 Å². The summed E-state index contributed by atoms with van der Waals surface area (Å²) in [5.41, 5.74) is 4.97. The van der Waals surface area contributed by atoms with Gasteiger partial charge in [-0.25, -0.2) is 0 Å². The molecule has 0 aliphatic rings. The summed E-state index contributed by atoms with van der Waals surface area (Å²) in [7, 11) is 0.120. The number of nitrogens with two attached hydrogens (primary N) is 1. The van der Waals surface area contributed by atoms with Gasteiger partial charge in [0.05, 0.1) is 0 Å². The van der Waals surface area contributed by atoms with Gasteiger partial charge in [-0.05, 0) is 6.54 Å². The van der Waals surface area contributed by atoms with Crippen molar-refractivity contribution in [1.82, 2.24) is 0 Å². The van der Waals surface area contributed by atoms with Crippen molar-refractivity contribution in [3.8, 4) is 0 Å². The molecule has 2 N–H and O–H groups in total. The summed E-state index contributed by atoms with van der Waals surface area (Å²) in [5.74, 6) is 0. The van der Waals surface area contributed by atoms with Crippen LogP contribution in [0.4, 0.5) is 0 Å². The number of rotatable bonds is 1. The second kappa shape index (κ2) is 15.9. The summed E-state index contributed by atoms with van der Waals surface area (Å²) in [5, 5.41) is 0. The molecular weight excluding hydrogens is 121 g/mol. The van der Waals surface area contributed by atoms with Gasteiger partial charge in [0, 0.05) is 8.80 Å². The van der Waals surface area contributed by atoms with Crippen molar-refractivity contribution >= 4 is 8.80 Å². The van der Waals surface area contributed by atoms with Crippen LogP contribution in [0.25, 0.3) is 0 Å². The van der Waals surface area contributed by atoms with E-state index in [0.717, 1.165) is 6.42 Å². The molecule has 0 unspecified atom stereocenters. The molecule has 0 saturated carbocycles. The molecule has 0 atom stereocenters. The SMILES string of the molecule is C[Si](C)C.[CH2-]CCN.[Li+]. The van der Waals surface area contributed by atoms with Crippen LogP contribution >= 0.6 is 0 Å². The minimum Gasteiger partial charge on any atom is -0.342 e. The summed E-state index contributed by atoms with van der Waals surface area (Å²) in [6.07, 6.45) is 0.847. The minimum absolute atomic E-state index is 0. The molecule has 1 radical (unpaired) electrons. The van der Waals surface area contributed by atoms with Crippen LogP contribution in [-0.2, 0) is 0 Å². The summed E-state index contributed by atoms with van der Waals surface area (Å²) in [4.78, 5) is 0. The molecule has 0 aromatic heterocycles. The monoisotopic (exact) mass is 138 g/mol. The molecule has 0 aliphatic carbocycles. The fraction of sp³-hybridized carbons (Fsp3) is 0.833. The Morgan fingerprint density at radius 2 is 1.44 bits per heavy atom. The van der Waals surface area contributed by atoms with Crippen LogP contribution in [0.5, 0.6) is 0 Å². The van der Waals surface area contributed by atoms with E-state index in [1.807, 2.05) is 0 Å². The standard InChI is InChI=1S/C3H8N.C3H9Si.Li/c1-2-3-4;1-4(2)3;/h1-4H2;1-3H3;/q-1;;+1. The molecule has 51 valence electrons. The third kappa shape index (κ3) is 128. The van der Waals surface area contributed by atoms with E-state index < -0.39 is 0 Å². The van der Waals surface area contributed by atoms with Crippen molar-refractivity contribution in [2.75, 3.05) is 6.54 Å². The van der Waals surface area contributed by atoms with E-state index in [0.29, 0.717) is 6.54 Å². The zero-order valence-corrected chi connectivity index (χ0v) is 8.20. The zero-order chi connectivity index (χ0) is 6.99. The van der Waals surface area contributed by atoms with Gasteiger partial charge < -0.3 is 12.7 Å². The van der Waals surface area contributed by atoms with Gasteiger partial charge in [-0.3, -0.25) is 0 Å². The topological polar surface area (TPSA) is 26.0 Å². The van der Waals surface area contributed by atoms with Gasteiger partial charge >= 0.3 is 18.9 Å². The van der Waals surface area contributed by atoms with Gasteiger partial charge in [0.1, 0.15) is 0 Å². The molecule has 0 aliphatic heterocycles. The van der Waals surface area contributed by atoms with Crippen molar-refractivity contribution in [2.24, 2.45) is 5.73 Å². The summed E-state index contributed by atoms with van der Waals surface area (Å²) >= 11 is 0. The number of hydrogen-bond acceptors (Lipinski definition) is 1. The first-order valence-electron chi connectivity index (χ1n) is 2.91. The Hall–Kier alpha value is 0.774. The molecule has 1 nitrogen and oxygen atoms in total. The maximum atomic E-state index is 4.97. The Balaban J connectivity index is -0.0000000720. The van der Waals surface area contributed by atoms with Crippen molar-refractivity contribution in [3.05, 3.63) is 6.92 Å². The largest absolute Gasteiger partial charge is 1.00 e. The molecule has 0 heterocycles. The molecule has 0 spiro atoms. The molecule has 0 fully saturated rings. The summed E-state index contributed by atoms with van der Waals surface area (Å²) in [6, 6.07) is 0. The Bertz CT molecular complexity index is 29.5. The predicted octanol–water partition coefficient (Wildman–Crippen LogP) is -1.46. The normalized spacial score (nSPS) is 7.33. The first-order valence-corrected chi connectivity index (χ1v) is 5.91. The first-order chi connectivity index (χ1) is 3.65. The minimum atomic E-state index is 0. The molecule has 0 rings (SSSR count). The Morgan fingerprint density at radius 3 is 1.44 bits per heavy atom. The van der Waals surface area contributed by atoms with Crippen LogP contribution in [0.3, 0.4) is 0 Å². The van der Waals surface area contributed by atoms with Crippen LogP contribution in [-0.4, -0.2) is 15.3 Å². The molecule has 0 aromatic rings. The number of hydrogen-bond donors (Lipinski definition) is 1. The molecule has 0 amide bonds. The van der Waals surface area contributed by atoms with Gasteiger partial charge in [-0.15, -0.1) is 0 Å². The average Bonchev–Trinajstić information content (AvgIpc) is 1.65. The van der Waals surface area contributed by atoms with E-state index in [1.54, 1.807) is 0 Å². The summed E-state index contributed by atoms with van der Waals surface area (Å²) in [6.45, 7) is 11.0. The van der Waals surface area contributed by atoms with Crippen molar-refractivity contribution in [3.63, 3.8) is 0 Å². The van der Waals surface area contributed by atoms with E-state index in [9.17, 15) is 0 Å². The van der Waals surface area contributed by atoms with Gasteiger partial charge in [-0.2, -0.15) is 6.42 Å². The first kappa shape index (κ1) is 16.4. The van der Waals surface area contributed by atoms with E-state index in [2.05, 4.69) is 26.6 Å². The molecule has 0 saturated heterocycles. The third-order valence-electron chi connectivity index (χ3n) is 0.204. The molecule has 9 heavy (non-hydrogen) atoms. The quantitative estimate of drug-likeness (QED) is 0.348. The van der Waals surface area contributed by atoms with Crippen LogP contribution in [0.2, 0.25) is 19.6 Å². The van der Waals surface area contributed by atoms with E-state index >= 15 is 0 Å². The van der Waals surface area contributed by atoms with Crippen molar-refractivity contribution < 1.29 is 18.9 Å².